The third-order valence-electron chi connectivity index (χ3n) is 3.02. The number of halogens is 2. The largest absolute Gasteiger partial charge is 0.508 e. The number of nitrogens with two attached hydrogens (primary N) is 1. The van der Waals surface area contributed by atoms with Crippen LogP contribution in [-0.2, 0) is 0 Å². The molecular formula is C16H12Cl2N4O2. The van der Waals surface area contributed by atoms with Gasteiger partial charge in [0.25, 0.3) is 0 Å². The molecule has 6 nitrogen and oxygen atoms in total. The number of ether oxygens (including phenoxy) is 1. The van der Waals surface area contributed by atoms with E-state index in [4.69, 9.17) is 33.7 Å². The molecule has 0 aliphatic carbocycles. The molecule has 0 unspecified atom stereocenters. The quantitative estimate of drug-likeness (QED) is 0.587. The lowest BCUT2D eigenvalue weighted by Gasteiger charge is -2.13. The standard InChI is InChI=1S/C16H12Cl2N4O2/c17-9-1-6-13(12(18)7-9)24-14-8-20-16(19)22-15(14)21-10-2-4-11(23)5-3-10/h1-8,23H,(H3,19,20,21,22). The summed E-state index contributed by atoms with van der Waals surface area (Å²) in [6, 6.07) is 11.3. The predicted molar refractivity (Wildman–Crippen MR) is 94.4 cm³/mol. The van der Waals surface area contributed by atoms with E-state index in [9.17, 15) is 5.11 Å². The number of aromatic nitrogens is 2. The van der Waals surface area contributed by atoms with Gasteiger partial charge in [-0.25, -0.2) is 4.98 Å². The Kier molecular flexibility index (Phi) is 4.59. The molecule has 0 atom stereocenters. The van der Waals surface area contributed by atoms with Gasteiger partial charge in [0.1, 0.15) is 11.5 Å². The van der Waals surface area contributed by atoms with E-state index in [1.165, 1.54) is 6.20 Å². The zero-order valence-electron chi connectivity index (χ0n) is 12.2. The van der Waals surface area contributed by atoms with Gasteiger partial charge in [-0.1, -0.05) is 23.2 Å². The van der Waals surface area contributed by atoms with Crippen molar-refractivity contribution in [2.45, 2.75) is 0 Å². The summed E-state index contributed by atoms with van der Waals surface area (Å²) in [5.41, 5.74) is 6.34. The third-order valence-corrected chi connectivity index (χ3v) is 3.55. The van der Waals surface area contributed by atoms with Crippen molar-refractivity contribution in [3.63, 3.8) is 0 Å². The van der Waals surface area contributed by atoms with Crippen LogP contribution in [0.1, 0.15) is 0 Å². The fourth-order valence-electron chi connectivity index (χ4n) is 1.91. The van der Waals surface area contributed by atoms with E-state index in [1.807, 2.05) is 0 Å². The highest BCUT2D eigenvalue weighted by molar-refractivity contribution is 6.35. The third kappa shape index (κ3) is 3.79. The van der Waals surface area contributed by atoms with Crippen LogP contribution in [0.15, 0.2) is 48.7 Å². The lowest BCUT2D eigenvalue weighted by molar-refractivity contribution is 0.475. The number of nitrogens with one attached hydrogen (secondary N) is 1. The first-order chi connectivity index (χ1) is 11.5. The molecule has 0 spiro atoms. The van der Waals surface area contributed by atoms with Crippen LogP contribution in [0.4, 0.5) is 17.5 Å². The summed E-state index contributed by atoms with van der Waals surface area (Å²) < 4.78 is 5.76. The molecule has 0 fully saturated rings. The maximum absolute atomic E-state index is 9.35. The molecule has 4 N–H and O–H groups in total. The van der Waals surface area contributed by atoms with Crippen LogP contribution in [0.5, 0.6) is 17.2 Å². The van der Waals surface area contributed by atoms with E-state index in [-0.39, 0.29) is 11.7 Å². The molecular weight excluding hydrogens is 351 g/mol. The van der Waals surface area contributed by atoms with Crippen molar-refractivity contribution in [2.24, 2.45) is 0 Å². The van der Waals surface area contributed by atoms with Crippen molar-refractivity contribution in [3.8, 4) is 17.2 Å². The molecule has 0 radical (unpaired) electrons. The predicted octanol–water partition coefficient (Wildman–Crippen LogP) is 4.61. The molecule has 3 aromatic rings. The summed E-state index contributed by atoms with van der Waals surface area (Å²) in [7, 11) is 0. The topological polar surface area (TPSA) is 93.3 Å². The molecule has 3 rings (SSSR count). The SMILES string of the molecule is Nc1ncc(Oc2ccc(Cl)cc2Cl)c(Nc2ccc(O)cc2)n1. The Hall–Kier alpha value is -2.70. The minimum absolute atomic E-state index is 0.0887. The van der Waals surface area contributed by atoms with Crippen LogP contribution < -0.4 is 15.8 Å². The van der Waals surface area contributed by atoms with Crippen molar-refractivity contribution in [2.75, 3.05) is 11.1 Å². The Morgan fingerprint density at radius 3 is 2.50 bits per heavy atom. The highest BCUT2D eigenvalue weighted by atomic mass is 35.5. The summed E-state index contributed by atoms with van der Waals surface area (Å²) in [6.07, 6.45) is 1.44. The molecule has 1 heterocycles. The maximum Gasteiger partial charge on any atom is 0.222 e. The molecule has 0 bridgehead atoms. The van der Waals surface area contributed by atoms with Crippen LogP contribution in [0, 0.1) is 0 Å². The lowest BCUT2D eigenvalue weighted by atomic mass is 10.3. The monoisotopic (exact) mass is 362 g/mol. The second-order valence-corrected chi connectivity index (χ2v) is 5.63. The molecule has 0 aliphatic heterocycles. The minimum Gasteiger partial charge on any atom is -0.508 e. The van der Waals surface area contributed by atoms with Gasteiger partial charge in [0.2, 0.25) is 5.95 Å². The second kappa shape index (κ2) is 6.82. The number of aromatic hydroxyl groups is 1. The molecule has 0 saturated heterocycles. The second-order valence-electron chi connectivity index (χ2n) is 4.79. The van der Waals surface area contributed by atoms with Gasteiger partial charge in [-0.3, -0.25) is 0 Å². The molecule has 0 amide bonds. The summed E-state index contributed by atoms with van der Waals surface area (Å²) in [5, 5.41) is 13.3. The zero-order chi connectivity index (χ0) is 17.1. The van der Waals surface area contributed by atoms with E-state index >= 15 is 0 Å². The molecule has 24 heavy (non-hydrogen) atoms. The van der Waals surface area contributed by atoms with Gasteiger partial charge in [0.05, 0.1) is 11.2 Å². The fourth-order valence-corrected chi connectivity index (χ4v) is 2.35. The van der Waals surface area contributed by atoms with E-state index in [0.29, 0.717) is 33.0 Å². The molecule has 122 valence electrons. The van der Waals surface area contributed by atoms with Gasteiger partial charge in [-0.2, -0.15) is 4.98 Å². The average molecular weight is 363 g/mol. The van der Waals surface area contributed by atoms with Crippen molar-refractivity contribution < 1.29 is 9.84 Å². The van der Waals surface area contributed by atoms with E-state index in [2.05, 4.69) is 15.3 Å². The Balaban J connectivity index is 1.91. The molecule has 0 aliphatic rings. The van der Waals surface area contributed by atoms with Crippen molar-refractivity contribution >= 4 is 40.7 Å². The Morgan fingerprint density at radius 2 is 1.79 bits per heavy atom. The highest BCUT2D eigenvalue weighted by Crippen LogP contribution is 2.35. The van der Waals surface area contributed by atoms with Gasteiger partial charge in [-0.15, -0.1) is 0 Å². The molecule has 2 aromatic carbocycles. The molecule has 0 saturated carbocycles. The summed E-state index contributed by atoms with van der Waals surface area (Å²) in [4.78, 5) is 8.06. The number of rotatable bonds is 4. The number of phenolic OH excluding ortho intramolecular Hbond substituents is 1. The van der Waals surface area contributed by atoms with E-state index < -0.39 is 0 Å². The van der Waals surface area contributed by atoms with Crippen molar-refractivity contribution in [1.82, 2.24) is 9.97 Å². The molecule has 8 heteroatoms. The highest BCUT2D eigenvalue weighted by Gasteiger charge is 2.11. The van der Waals surface area contributed by atoms with Gasteiger partial charge < -0.3 is 20.9 Å². The zero-order valence-corrected chi connectivity index (χ0v) is 13.7. The number of benzene rings is 2. The fraction of sp³-hybridized carbons (Fsp3) is 0. The Labute approximate surface area is 147 Å². The summed E-state index contributed by atoms with van der Waals surface area (Å²) in [5.74, 6) is 1.35. The van der Waals surface area contributed by atoms with Gasteiger partial charge in [-0.05, 0) is 42.5 Å². The van der Waals surface area contributed by atoms with Crippen LogP contribution in [-0.4, -0.2) is 15.1 Å². The first-order valence-corrected chi connectivity index (χ1v) is 7.58. The molecule has 1 aromatic heterocycles. The van der Waals surface area contributed by atoms with E-state index in [0.717, 1.165) is 0 Å². The first-order valence-electron chi connectivity index (χ1n) is 6.83. The first kappa shape index (κ1) is 16.2. The van der Waals surface area contributed by atoms with E-state index in [1.54, 1.807) is 42.5 Å². The van der Waals surface area contributed by atoms with Crippen molar-refractivity contribution in [3.05, 3.63) is 58.7 Å². The number of nitrogen functional groups attached to an aromatic ring is 1. The smallest absolute Gasteiger partial charge is 0.222 e. The van der Waals surface area contributed by atoms with Crippen LogP contribution in [0.3, 0.4) is 0 Å². The van der Waals surface area contributed by atoms with Gasteiger partial charge in [0, 0.05) is 10.7 Å². The number of hydrogen-bond acceptors (Lipinski definition) is 6. The van der Waals surface area contributed by atoms with Crippen LogP contribution in [0.25, 0.3) is 0 Å². The summed E-state index contributed by atoms with van der Waals surface area (Å²) in [6.45, 7) is 0. The van der Waals surface area contributed by atoms with Gasteiger partial charge in [0.15, 0.2) is 11.6 Å². The van der Waals surface area contributed by atoms with Crippen molar-refractivity contribution in [1.29, 1.82) is 0 Å². The lowest BCUT2D eigenvalue weighted by Crippen LogP contribution is -2.02. The van der Waals surface area contributed by atoms with Crippen LogP contribution >= 0.6 is 23.2 Å². The van der Waals surface area contributed by atoms with Crippen LogP contribution in [0.2, 0.25) is 10.0 Å². The number of phenols is 1. The van der Waals surface area contributed by atoms with Gasteiger partial charge >= 0.3 is 0 Å². The maximum atomic E-state index is 9.35. The summed E-state index contributed by atoms with van der Waals surface area (Å²) >= 11 is 12.0. The Morgan fingerprint density at radius 1 is 1.04 bits per heavy atom. The normalized spacial score (nSPS) is 10.4. The average Bonchev–Trinajstić information content (AvgIpc) is 2.54. The Bertz CT molecular complexity index is 872. The number of hydrogen-bond donors (Lipinski definition) is 3. The number of nitrogens with zero attached hydrogens (tertiary/aromatic N) is 2. The minimum atomic E-state index is 0.0887. The number of anilines is 3.